The molecular weight excluding hydrogens is 226 g/mol. The molecule has 0 aliphatic carbocycles. The first-order chi connectivity index (χ1) is 8.53. The van der Waals surface area contributed by atoms with Gasteiger partial charge in [0.2, 0.25) is 5.79 Å². The van der Waals surface area contributed by atoms with Crippen molar-refractivity contribution in [3.8, 4) is 22.8 Å². The molecule has 0 bridgehead atoms. The summed E-state index contributed by atoms with van der Waals surface area (Å²) in [5, 5.41) is 0. The van der Waals surface area contributed by atoms with Crippen LogP contribution in [-0.2, 0) is 0 Å². The number of hydrogen-bond donors (Lipinski definition) is 0. The predicted octanol–water partition coefficient (Wildman–Crippen LogP) is 3.56. The van der Waals surface area contributed by atoms with Gasteiger partial charge in [0.25, 0.3) is 0 Å². The maximum atomic E-state index is 5.73. The SMILES string of the molecule is Cc1ccc(-c2ccc3c(c2)OC(C)(C)O3)nc1. The third kappa shape index (κ3) is 1.92. The molecule has 1 aliphatic heterocycles. The molecule has 3 nitrogen and oxygen atoms in total. The molecule has 3 rings (SSSR count). The molecular formula is C15H15NO2. The highest BCUT2D eigenvalue weighted by atomic mass is 16.7. The van der Waals surface area contributed by atoms with E-state index in [0.29, 0.717) is 0 Å². The van der Waals surface area contributed by atoms with Crippen molar-refractivity contribution < 1.29 is 9.47 Å². The standard InChI is InChI=1S/C15H15NO2/c1-10-4-6-12(16-9-10)11-5-7-13-14(8-11)18-15(2,3)17-13/h4-9H,1-3H3. The fourth-order valence-corrected chi connectivity index (χ4v) is 2.02. The van der Waals surface area contributed by atoms with Crippen LogP contribution in [0.1, 0.15) is 19.4 Å². The zero-order valence-electron chi connectivity index (χ0n) is 10.7. The van der Waals surface area contributed by atoms with E-state index in [9.17, 15) is 0 Å². The first-order valence-corrected chi connectivity index (χ1v) is 5.99. The Morgan fingerprint density at radius 3 is 2.50 bits per heavy atom. The number of pyridine rings is 1. The van der Waals surface area contributed by atoms with E-state index in [0.717, 1.165) is 28.3 Å². The molecule has 0 unspecified atom stereocenters. The van der Waals surface area contributed by atoms with Gasteiger partial charge in [-0.05, 0) is 36.8 Å². The molecule has 1 aliphatic rings. The Kier molecular flexibility index (Phi) is 2.30. The van der Waals surface area contributed by atoms with Crippen LogP contribution in [0.3, 0.4) is 0 Å². The molecule has 18 heavy (non-hydrogen) atoms. The molecule has 0 atom stereocenters. The highest BCUT2D eigenvalue weighted by Crippen LogP contribution is 2.41. The van der Waals surface area contributed by atoms with Crippen LogP contribution in [0.15, 0.2) is 36.5 Å². The maximum Gasteiger partial charge on any atom is 0.246 e. The van der Waals surface area contributed by atoms with Gasteiger partial charge in [0, 0.05) is 25.6 Å². The zero-order chi connectivity index (χ0) is 12.8. The Morgan fingerprint density at radius 1 is 1.00 bits per heavy atom. The van der Waals surface area contributed by atoms with Gasteiger partial charge in [-0.25, -0.2) is 0 Å². The normalized spacial score (nSPS) is 15.7. The third-order valence-corrected chi connectivity index (χ3v) is 2.86. The number of nitrogens with zero attached hydrogens (tertiary/aromatic N) is 1. The Morgan fingerprint density at radius 2 is 1.78 bits per heavy atom. The number of hydrogen-bond acceptors (Lipinski definition) is 3. The van der Waals surface area contributed by atoms with Crippen LogP contribution < -0.4 is 9.47 Å². The summed E-state index contributed by atoms with van der Waals surface area (Å²) in [5.74, 6) is 0.984. The van der Waals surface area contributed by atoms with Crippen LogP contribution in [0.5, 0.6) is 11.5 Å². The minimum absolute atomic E-state index is 0.582. The van der Waals surface area contributed by atoms with Gasteiger partial charge >= 0.3 is 0 Å². The lowest BCUT2D eigenvalue weighted by Crippen LogP contribution is -2.29. The number of benzene rings is 1. The highest BCUT2D eigenvalue weighted by molar-refractivity contribution is 5.64. The van der Waals surface area contributed by atoms with Crippen molar-refractivity contribution in [3.63, 3.8) is 0 Å². The topological polar surface area (TPSA) is 31.4 Å². The van der Waals surface area contributed by atoms with Crippen molar-refractivity contribution in [1.82, 2.24) is 4.98 Å². The summed E-state index contributed by atoms with van der Waals surface area (Å²) in [6, 6.07) is 9.97. The minimum atomic E-state index is -0.582. The molecule has 0 radical (unpaired) electrons. The average Bonchev–Trinajstić information content (AvgIpc) is 2.62. The Hall–Kier alpha value is -2.03. The number of aromatic nitrogens is 1. The van der Waals surface area contributed by atoms with Crippen molar-refractivity contribution in [3.05, 3.63) is 42.1 Å². The summed E-state index contributed by atoms with van der Waals surface area (Å²) in [6.07, 6.45) is 1.86. The molecule has 1 aromatic heterocycles. The van der Waals surface area contributed by atoms with Crippen molar-refractivity contribution >= 4 is 0 Å². The summed E-state index contributed by atoms with van der Waals surface area (Å²) in [7, 11) is 0. The van der Waals surface area contributed by atoms with Crippen molar-refractivity contribution in [1.29, 1.82) is 0 Å². The Bertz CT molecular complexity index is 588. The zero-order valence-corrected chi connectivity index (χ0v) is 10.7. The summed E-state index contributed by atoms with van der Waals surface area (Å²) in [4.78, 5) is 4.41. The summed E-state index contributed by atoms with van der Waals surface area (Å²) < 4.78 is 11.4. The Balaban J connectivity index is 1.99. The largest absolute Gasteiger partial charge is 0.449 e. The third-order valence-electron chi connectivity index (χ3n) is 2.86. The quantitative estimate of drug-likeness (QED) is 0.765. The maximum absolute atomic E-state index is 5.73. The number of rotatable bonds is 1. The fraction of sp³-hybridized carbons (Fsp3) is 0.267. The van der Waals surface area contributed by atoms with Gasteiger partial charge in [-0.3, -0.25) is 4.98 Å². The van der Waals surface area contributed by atoms with Crippen LogP contribution >= 0.6 is 0 Å². The van der Waals surface area contributed by atoms with Crippen LogP contribution in [0.2, 0.25) is 0 Å². The van der Waals surface area contributed by atoms with Crippen LogP contribution in [0.4, 0.5) is 0 Å². The first kappa shape index (κ1) is 11.1. The van der Waals surface area contributed by atoms with Gasteiger partial charge in [-0.1, -0.05) is 6.07 Å². The summed E-state index contributed by atoms with van der Waals surface area (Å²) >= 11 is 0. The number of aryl methyl sites for hydroxylation is 1. The average molecular weight is 241 g/mol. The molecule has 0 saturated carbocycles. The van der Waals surface area contributed by atoms with E-state index < -0.39 is 5.79 Å². The second kappa shape index (κ2) is 3.73. The molecule has 2 aromatic rings. The van der Waals surface area contributed by atoms with E-state index in [1.54, 1.807) is 0 Å². The van der Waals surface area contributed by atoms with E-state index in [1.807, 2.05) is 51.2 Å². The predicted molar refractivity (Wildman–Crippen MR) is 69.7 cm³/mol. The van der Waals surface area contributed by atoms with Crippen molar-refractivity contribution in [2.45, 2.75) is 26.6 Å². The lowest BCUT2D eigenvalue weighted by molar-refractivity contribution is -0.0431. The molecule has 1 aromatic carbocycles. The van der Waals surface area contributed by atoms with Crippen LogP contribution in [0.25, 0.3) is 11.3 Å². The molecule has 0 N–H and O–H groups in total. The highest BCUT2D eigenvalue weighted by Gasteiger charge is 2.31. The second-order valence-corrected chi connectivity index (χ2v) is 4.99. The number of ether oxygens (including phenoxy) is 2. The Labute approximate surface area is 106 Å². The van der Waals surface area contributed by atoms with Gasteiger partial charge in [0.15, 0.2) is 11.5 Å². The van der Waals surface area contributed by atoms with Gasteiger partial charge in [-0.15, -0.1) is 0 Å². The second-order valence-electron chi connectivity index (χ2n) is 4.99. The lowest BCUT2D eigenvalue weighted by atomic mass is 10.1. The number of fused-ring (bicyclic) bond motifs is 1. The monoisotopic (exact) mass is 241 g/mol. The molecule has 0 spiro atoms. The fourth-order valence-electron chi connectivity index (χ4n) is 2.02. The van der Waals surface area contributed by atoms with E-state index in [2.05, 4.69) is 11.1 Å². The van der Waals surface area contributed by atoms with E-state index >= 15 is 0 Å². The minimum Gasteiger partial charge on any atom is -0.449 e. The van der Waals surface area contributed by atoms with Gasteiger partial charge in [-0.2, -0.15) is 0 Å². The molecule has 0 amide bonds. The van der Waals surface area contributed by atoms with Crippen LogP contribution in [-0.4, -0.2) is 10.8 Å². The molecule has 2 heterocycles. The summed E-state index contributed by atoms with van der Waals surface area (Å²) in [6.45, 7) is 5.83. The molecule has 3 heteroatoms. The molecule has 0 fully saturated rings. The van der Waals surface area contributed by atoms with Crippen LogP contribution in [0, 0.1) is 6.92 Å². The first-order valence-electron chi connectivity index (χ1n) is 5.99. The van der Waals surface area contributed by atoms with Crippen molar-refractivity contribution in [2.75, 3.05) is 0 Å². The van der Waals surface area contributed by atoms with Crippen molar-refractivity contribution in [2.24, 2.45) is 0 Å². The van der Waals surface area contributed by atoms with E-state index in [4.69, 9.17) is 9.47 Å². The van der Waals surface area contributed by atoms with E-state index in [-0.39, 0.29) is 0 Å². The summed E-state index contributed by atoms with van der Waals surface area (Å²) in [5.41, 5.74) is 3.13. The van der Waals surface area contributed by atoms with Gasteiger partial charge in [0.05, 0.1) is 5.69 Å². The van der Waals surface area contributed by atoms with Gasteiger partial charge in [0.1, 0.15) is 0 Å². The molecule has 0 saturated heterocycles. The lowest BCUT2D eigenvalue weighted by Gasteiger charge is -2.16. The smallest absolute Gasteiger partial charge is 0.246 e. The van der Waals surface area contributed by atoms with Gasteiger partial charge < -0.3 is 9.47 Å². The van der Waals surface area contributed by atoms with E-state index in [1.165, 1.54) is 0 Å². The molecule has 92 valence electrons.